The van der Waals surface area contributed by atoms with Gasteiger partial charge in [0.15, 0.2) is 0 Å². The summed E-state index contributed by atoms with van der Waals surface area (Å²) < 4.78 is 7.98. The molecular formula is C34H39N5O4. The van der Waals surface area contributed by atoms with Crippen LogP contribution in [0.15, 0.2) is 83.9 Å². The maximum atomic E-state index is 13.2. The van der Waals surface area contributed by atoms with Gasteiger partial charge in [0.25, 0.3) is 5.56 Å². The van der Waals surface area contributed by atoms with E-state index in [2.05, 4.69) is 16.0 Å². The number of hydrogen-bond donors (Lipinski definition) is 0. The van der Waals surface area contributed by atoms with Gasteiger partial charge in [-0.15, -0.1) is 0 Å². The fourth-order valence-corrected chi connectivity index (χ4v) is 5.68. The minimum Gasteiger partial charge on any atom is -0.493 e. The van der Waals surface area contributed by atoms with E-state index in [1.165, 1.54) is 0 Å². The molecule has 0 saturated heterocycles. The molecule has 5 rings (SSSR count). The smallest absolute Gasteiger partial charge is 0.251 e. The third-order valence-corrected chi connectivity index (χ3v) is 8.09. The summed E-state index contributed by atoms with van der Waals surface area (Å²) in [6.45, 7) is 8.90. The minimum atomic E-state index is -1.15. The SMILES string of the molecule is CCN1C(=O)C(C)(C)C(=O)N(C)c2cc(OCCCN(CCn3c(=O)ccc4ccccc43)Cc3cccnc3)ccc21. The van der Waals surface area contributed by atoms with Crippen LogP contribution in [0.25, 0.3) is 10.9 Å². The molecule has 0 fully saturated rings. The molecule has 0 radical (unpaired) electrons. The summed E-state index contributed by atoms with van der Waals surface area (Å²) >= 11 is 0. The Balaban J connectivity index is 1.27. The van der Waals surface area contributed by atoms with Crippen molar-refractivity contribution in [2.45, 2.75) is 40.3 Å². The van der Waals surface area contributed by atoms with E-state index in [9.17, 15) is 14.4 Å². The number of para-hydroxylation sites is 1. The quantitative estimate of drug-likeness (QED) is 0.188. The Morgan fingerprint density at radius 3 is 2.49 bits per heavy atom. The number of carbonyl (C=O) groups is 2. The predicted molar refractivity (Wildman–Crippen MR) is 169 cm³/mol. The van der Waals surface area contributed by atoms with Gasteiger partial charge in [-0.3, -0.25) is 24.3 Å². The molecule has 0 aliphatic carbocycles. The minimum absolute atomic E-state index is 0.0123. The predicted octanol–water partition coefficient (Wildman–Crippen LogP) is 4.72. The van der Waals surface area contributed by atoms with Gasteiger partial charge in [-0.2, -0.15) is 0 Å². The van der Waals surface area contributed by atoms with Crippen molar-refractivity contribution in [3.63, 3.8) is 0 Å². The number of fused-ring (bicyclic) bond motifs is 2. The molecule has 2 aromatic heterocycles. The number of nitrogens with zero attached hydrogens (tertiary/aromatic N) is 5. The van der Waals surface area contributed by atoms with E-state index in [-0.39, 0.29) is 17.4 Å². The van der Waals surface area contributed by atoms with Crippen molar-refractivity contribution in [1.29, 1.82) is 0 Å². The zero-order chi connectivity index (χ0) is 30.6. The van der Waals surface area contributed by atoms with Gasteiger partial charge in [0, 0.05) is 64.3 Å². The molecule has 0 N–H and O–H groups in total. The number of aromatic nitrogens is 2. The van der Waals surface area contributed by atoms with Gasteiger partial charge in [-0.1, -0.05) is 24.3 Å². The van der Waals surface area contributed by atoms with Gasteiger partial charge < -0.3 is 19.1 Å². The van der Waals surface area contributed by atoms with Crippen LogP contribution in [0.4, 0.5) is 11.4 Å². The third kappa shape index (κ3) is 6.32. The summed E-state index contributed by atoms with van der Waals surface area (Å²) in [7, 11) is 1.71. The van der Waals surface area contributed by atoms with E-state index in [0.29, 0.717) is 49.9 Å². The Bertz CT molecular complexity index is 1670. The largest absolute Gasteiger partial charge is 0.493 e. The van der Waals surface area contributed by atoms with Crippen molar-refractivity contribution in [3.8, 4) is 5.75 Å². The van der Waals surface area contributed by atoms with Crippen molar-refractivity contribution in [2.24, 2.45) is 5.41 Å². The number of anilines is 2. The van der Waals surface area contributed by atoms with Crippen LogP contribution >= 0.6 is 0 Å². The second-order valence-corrected chi connectivity index (χ2v) is 11.4. The normalized spacial score (nSPS) is 14.7. The molecule has 1 aliphatic rings. The zero-order valence-electron chi connectivity index (χ0n) is 25.3. The van der Waals surface area contributed by atoms with E-state index in [1.54, 1.807) is 43.0 Å². The first kappa shape index (κ1) is 30.0. The van der Waals surface area contributed by atoms with Gasteiger partial charge in [-0.05, 0) is 68.5 Å². The first-order chi connectivity index (χ1) is 20.7. The summed E-state index contributed by atoms with van der Waals surface area (Å²) in [5, 5.41) is 1.04. The summed E-state index contributed by atoms with van der Waals surface area (Å²) in [4.78, 5) is 48.9. The lowest BCUT2D eigenvalue weighted by atomic mass is 9.90. The summed E-state index contributed by atoms with van der Waals surface area (Å²) in [5.41, 5.74) is 2.22. The molecule has 43 heavy (non-hydrogen) atoms. The molecule has 224 valence electrons. The van der Waals surface area contributed by atoms with Crippen LogP contribution < -0.4 is 20.1 Å². The van der Waals surface area contributed by atoms with Crippen LogP contribution in [-0.2, 0) is 22.7 Å². The van der Waals surface area contributed by atoms with Crippen LogP contribution in [0.5, 0.6) is 5.75 Å². The fourth-order valence-electron chi connectivity index (χ4n) is 5.68. The summed E-state index contributed by atoms with van der Waals surface area (Å²) in [6, 6.07) is 21.0. The van der Waals surface area contributed by atoms with E-state index >= 15 is 0 Å². The Hall–Kier alpha value is -4.50. The Labute approximate surface area is 252 Å². The van der Waals surface area contributed by atoms with Crippen LogP contribution in [0.1, 0.15) is 32.8 Å². The average molecular weight is 582 g/mol. The summed E-state index contributed by atoms with van der Waals surface area (Å²) in [5.74, 6) is 0.185. The lowest BCUT2D eigenvalue weighted by Gasteiger charge is -2.27. The second-order valence-electron chi connectivity index (χ2n) is 11.4. The molecule has 0 saturated carbocycles. The van der Waals surface area contributed by atoms with Crippen LogP contribution in [0.2, 0.25) is 0 Å². The van der Waals surface area contributed by atoms with E-state index in [0.717, 1.165) is 29.4 Å². The molecule has 2 aromatic carbocycles. The molecular weight excluding hydrogens is 542 g/mol. The van der Waals surface area contributed by atoms with Crippen LogP contribution in [0.3, 0.4) is 0 Å². The van der Waals surface area contributed by atoms with Gasteiger partial charge in [0.2, 0.25) is 11.8 Å². The van der Waals surface area contributed by atoms with E-state index < -0.39 is 5.41 Å². The Morgan fingerprint density at radius 2 is 1.72 bits per heavy atom. The third-order valence-electron chi connectivity index (χ3n) is 8.09. The molecule has 0 unspecified atom stereocenters. The number of amides is 2. The van der Waals surface area contributed by atoms with Gasteiger partial charge >= 0.3 is 0 Å². The van der Waals surface area contributed by atoms with Crippen molar-refractivity contribution < 1.29 is 14.3 Å². The number of carbonyl (C=O) groups excluding carboxylic acids is 2. The highest BCUT2D eigenvalue weighted by atomic mass is 16.5. The molecule has 0 atom stereocenters. The van der Waals surface area contributed by atoms with Crippen molar-refractivity contribution in [3.05, 3.63) is 95.0 Å². The number of ether oxygens (including phenoxy) is 1. The molecule has 4 aromatic rings. The fraction of sp³-hybridized carbons (Fsp3) is 0.353. The van der Waals surface area contributed by atoms with E-state index in [4.69, 9.17) is 4.74 Å². The van der Waals surface area contributed by atoms with Crippen molar-refractivity contribution >= 4 is 34.1 Å². The summed E-state index contributed by atoms with van der Waals surface area (Å²) in [6.07, 6.45) is 4.38. The van der Waals surface area contributed by atoms with Crippen LogP contribution in [0, 0.1) is 5.41 Å². The van der Waals surface area contributed by atoms with Crippen LogP contribution in [-0.4, -0.2) is 59.6 Å². The maximum Gasteiger partial charge on any atom is 0.251 e. The topological polar surface area (TPSA) is 88.0 Å². The number of benzene rings is 2. The van der Waals surface area contributed by atoms with Crippen molar-refractivity contribution in [1.82, 2.24) is 14.5 Å². The lowest BCUT2D eigenvalue weighted by Crippen LogP contribution is -2.47. The lowest BCUT2D eigenvalue weighted by molar-refractivity contribution is -0.137. The Morgan fingerprint density at radius 1 is 0.907 bits per heavy atom. The zero-order valence-corrected chi connectivity index (χ0v) is 25.3. The molecule has 2 amide bonds. The van der Waals surface area contributed by atoms with Gasteiger partial charge in [0.1, 0.15) is 11.2 Å². The first-order valence-electron chi connectivity index (χ1n) is 14.8. The molecule has 9 nitrogen and oxygen atoms in total. The number of rotatable bonds is 11. The molecule has 0 spiro atoms. The first-order valence-corrected chi connectivity index (χ1v) is 14.8. The van der Waals surface area contributed by atoms with Gasteiger partial charge in [-0.25, -0.2) is 0 Å². The molecule has 0 bridgehead atoms. The number of pyridine rings is 2. The Kier molecular flexibility index (Phi) is 8.92. The molecule has 9 heteroatoms. The highest BCUT2D eigenvalue weighted by Crippen LogP contribution is 2.40. The average Bonchev–Trinajstić information content (AvgIpc) is 3.07. The number of hydrogen-bond acceptors (Lipinski definition) is 6. The molecule has 1 aliphatic heterocycles. The highest BCUT2D eigenvalue weighted by Gasteiger charge is 2.45. The maximum absolute atomic E-state index is 13.2. The van der Waals surface area contributed by atoms with Gasteiger partial charge in [0.05, 0.1) is 23.5 Å². The second kappa shape index (κ2) is 12.8. The monoisotopic (exact) mass is 581 g/mol. The van der Waals surface area contributed by atoms with E-state index in [1.807, 2.05) is 72.3 Å². The standard InChI is InChI=1S/C34H39N5O4/c1-5-38-29-15-14-27(22-30(29)36(4)32(41)34(2,3)33(38)42)43-21-9-18-37(24-25-10-8-17-35-23-25)19-20-39-28-12-7-6-11-26(28)13-16-31(39)40/h6-8,10-17,22-23H,5,9,18-21,24H2,1-4H3. The molecule has 3 heterocycles. The highest BCUT2D eigenvalue weighted by molar-refractivity contribution is 6.20. The van der Waals surface area contributed by atoms with Crippen molar-refractivity contribution in [2.75, 3.05) is 43.1 Å².